The van der Waals surface area contributed by atoms with Crippen molar-refractivity contribution in [1.82, 2.24) is 20.1 Å². The van der Waals surface area contributed by atoms with Crippen molar-refractivity contribution in [2.75, 3.05) is 44.1 Å². The van der Waals surface area contributed by atoms with Gasteiger partial charge in [-0.25, -0.2) is 4.98 Å². The Kier molecular flexibility index (Phi) is 6.48. The molecule has 9 nitrogen and oxygen atoms in total. The Morgan fingerprint density at radius 1 is 1.20 bits per heavy atom. The molecule has 0 unspecified atom stereocenters. The van der Waals surface area contributed by atoms with Gasteiger partial charge >= 0.3 is 0 Å². The molecule has 0 saturated carbocycles. The molecule has 184 valence electrons. The number of ether oxygens (including phenoxy) is 2. The van der Waals surface area contributed by atoms with Crippen LogP contribution in [0.25, 0.3) is 21.1 Å². The van der Waals surface area contributed by atoms with Crippen molar-refractivity contribution >= 4 is 49.7 Å². The highest BCUT2D eigenvalue weighted by Gasteiger charge is 2.24. The largest absolute Gasteiger partial charge is 0.494 e. The van der Waals surface area contributed by atoms with Gasteiger partial charge in [-0.2, -0.15) is 5.10 Å². The third-order valence-electron chi connectivity index (χ3n) is 6.44. The maximum Gasteiger partial charge on any atom is 0.274 e. The number of hydrogen-bond donors (Lipinski definition) is 2. The number of nitrogens with zero attached hydrogens (tertiary/aromatic N) is 4. The Morgan fingerprint density at radius 2 is 2.00 bits per heavy atom. The Morgan fingerprint density at radius 3 is 2.71 bits per heavy atom. The van der Waals surface area contributed by atoms with Gasteiger partial charge in [0.15, 0.2) is 0 Å². The minimum atomic E-state index is -0.248. The van der Waals surface area contributed by atoms with Crippen LogP contribution in [-0.4, -0.2) is 60.6 Å². The number of methoxy groups -OCH3 is 2. The first-order chi connectivity index (χ1) is 17.0. The number of nitrogens with one attached hydrogen (secondary N) is 2. The molecule has 5 rings (SSSR count). The van der Waals surface area contributed by atoms with E-state index in [4.69, 9.17) is 9.47 Å². The normalized spacial score (nSPS) is 14.6. The molecule has 1 aliphatic rings. The summed E-state index contributed by atoms with van der Waals surface area (Å²) in [5.74, 6) is 0.304. The quantitative estimate of drug-likeness (QED) is 0.401. The fraction of sp³-hybridized carbons (Fsp3) is 0.400. The Bertz CT molecular complexity index is 1370. The standard InChI is InChI=1S/C25H30N6O3S/c1-5-26-16-8-10-31(11-9-16)20-7-6-17(22-23(20)35-25(28-22)34-4)24(32)27-19-12-15-14-30(2)29-18(15)13-21(19)33-3/h6-7,12-14,16,26H,5,8-11H2,1-4H3,(H,27,32). The lowest BCUT2D eigenvalue weighted by Gasteiger charge is -2.34. The molecule has 2 aromatic heterocycles. The van der Waals surface area contributed by atoms with E-state index in [1.54, 1.807) is 18.9 Å². The van der Waals surface area contributed by atoms with E-state index in [9.17, 15) is 4.79 Å². The van der Waals surface area contributed by atoms with E-state index < -0.39 is 0 Å². The number of hydrogen-bond acceptors (Lipinski definition) is 8. The summed E-state index contributed by atoms with van der Waals surface area (Å²) in [6, 6.07) is 8.15. The van der Waals surface area contributed by atoms with E-state index in [0.29, 0.717) is 33.8 Å². The van der Waals surface area contributed by atoms with Gasteiger partial charge in [-0.3, -0.25) is 9.48 Å². The highest BCUT2D eigenvalue weighted by Crippen LogP contribution is 2.39. The molecule has 0 radical (unpaired) electrons. The number of piperidine rings is 1. The minimum absolute atomic E-state index is 0.248. The number of aromatic nitrogens is 3. The molecule has 2 aromatic carbocycles. The summed E-state index contributed by atoms with van der Waals surface area (Å²) < 4.78 is 13.7. The number of rotatable bonds is 7. The van der Waals surface area contributed by atoms with Crippen LogP contribution in [0.5, 0.6) is 10.9 Å². The molecular formula is C25H30N6O3S. The van der Waals surface area contributed by atoms with E-state index in [1.807, 2.05) is 37.5 Å². The van der Waals surface area contributed by atoms with Gasteiger partial charge in [0.2, 0.25) is 0 Å². The maximum absolute atomic E-state index is 13.5. The number of benzene rings is 2. The van der Waals surface area contributed by atoms with Crippen molar-refractivity contribution < 1.29 is 14.3 Å². The molecule has 35 heavy (non-hydrogen) atoms. The molecule has 0 atom stereocenters. The van der Waals surface area contributed by atoms with Crippen molar-refractivity contribution in [3.8, 4) is 10.9 Å². The summed E-state index contributed by atoms with van der Waals surface area (Å²) in [5, 5.41) is 12.4. The number of amides is 1. The first-order valence-electron chi connectivity index (χ1n) is 11.8. The molecular weight excluding hydrogens is 464 g/mol. The predicted octanol–water partition coefficient (Wildman–Crippen LogP) is 4.03. The Labute approximate surface area is 208 Å². The van der Waals surface area contributed by atoms with Crippen molar-refractivity contribution in [3.63, 3.8) is 0 Å². The lowest BCUT2D eigenvalue weighted by molar-refractivity contribution is 0.102. The van der Waals surface area contributed by atoms with E-state index in [1.165, 1.54) is 11.3 Å². The van der Waals surface area contributed by atoms with Gasteiger partial charge in [0.1, 0.15) is 11.3 Å². The van der Waals surface area contributed by atoms with Gasteiger partial charge in [0.05, 0.1) is 41.4 Å². The van der Waals surface area contributed by atoms with E-state index in [2.05, 4.69) is 32.5 Å². The SMILES string of the molecule is CCNC1CCN(c2ccc(C(=O)Nc3cc4cn(C)nc4cc3OC)c3nc(OC)sc23)CC1. The number of aryl methyl sites for hydroxylation is 1. The van der Waals surface area contributed by atoms with Crippen LogP contribution >= 0.6 is 11.3 Å². The number of anilines is 2. The summed E-state index contributed by atoms with van der Waals surface area (Å²) in [4.78, 5) is 20.5. The van der Waals surface area contributed by atoms with Crippen LogP contribution in [0.15, 0.2) is 30.5 Å². The van der Waals surface area contributed by atoms with Crippen LogP contribution in [0.4, 0.5) is 11.4 Å². The molecule has 10 heteroatoms. The number of carbonyl (C=O) groups is 1. The zero-order valence-corrected chi connectivity index (χ0v) is 21.2. The zero-order valence-electron chi connectivity index (χ0n) is 20.4. The summed E-state index contributed by atoms with van der Waals surface area (Å²) >= 11 is 1.47. The molecule has 3 heterocycles. The lowest BCUT2D eigenvalue weighted by atomic mass is 10.0. The summed E-state index contributed by atoms with van der Waals surface area (Å²) in [6.45, 7) is 5.05. The van der Waals surface area contributed by atoms with Crippen molar-refractivity contribution in [1.29, 1.82) is 0 Å². The molecule has 1 aliphatic heterocycles. The average molecular weight is 495 g/mol. The summed E-state index contributed by atoms with van der Waals surface area (Å²) in [7, 11) is 5.05. The first-order valence-corrected chi connectivity index (χ1v) is 12.6. The smallest absolute Gasteiger partial charge is 0.274 e. The average Bonchev–Trinajstić information content (AvgIpc) is 3.46. The van der Waals surface area contributed by atoms with Crippen LogP contribution in [0.3, 0.4) is 0 Å². The van der Waals surface area contributed by atoms with Crippen molar-refractivity contribution in [2.24, 2.45) is 7.05 Å². The predicted molar refractivity (Wildman–Crippen MR) is 140 cm³/mol. The molecule has 0 bridgehead atoms. The lowest BCUT2D eigenvalue weighted by Crippen LogP contribution is -2.42. The summed E-state index contributed by atoms with van der Waals surface area (Å²) in [6.07, 6.45) is 4.08. The van der Waals surface area contributed by atoms with Crippen molar-refractivity contribution in [2.45, 2.75) is 25.8 Å². The van der Waals surface area contributed by atoms with E-state index in [0.717, 1.165) is 53.8 Å². The molecule has 0 aliphatic carbocycles. The number of thiazole rings is 1. The number of fused-ring (bicyclic) bond motifs is 2. The van der Waals surface area contributed by atoms with E-state index in [-0.39, 0.29) is 5.91 Å². The molecule has 2 N–H and O–H groups in total. The molecule has 1 amide bonds. The summed E-state index contributed by atoms with van der Waals surface area (Å²) in [5.41, 5.74) is 3.64. The second kappa shape index (κ2) is 9.71. The van der Waals surface area contributed by atoms with Crippen LogP contribution in [0.1, 0.15) is 30.1 Å². The minimum Gasteiger partial charge on any atom is -0.494 e. The highest BCUT2D eigenvalue weighted by atomic mass is 32.1. The fourth-order valence-corrected chi connectivity index (χ4v) is 5.69. The van der Waals surface area contributed by atoms with Gasteiger partial charge in [-0.1, -0.05) is 18.3 Å². The fourth-order valence-electron chi connectivity index (χ4n) is 4.74. The van der Waals surface area contributed by atoms with Gasteiger partial charge in [-0.15, -0.1) is 0 Å². The highest BCUT2D eigenvalue weighted by molar-refractivity contribution is 7.21. The van der Waals surface area contributed by atoms with Crippen LogP contribution < -0.4 is 25.0 Å². The van der Waals surface area contributed by atoms with Gasteiger partial charge in [0, 0.05) is 43.8 Å². The number of carbonyl (C=O) groups excluding carboxylic acids is 1. The molecule has 4 aromatic rings. The second-order valence-electron chi connectivity index (χ2n) is 8.68. The molecule has 0 spiro atoms. The Balaban J connectivity index is 1.47. The van der Waals surface area contributed by atoms with Crippen LogP contribution in [0.2, 0.25) is 0 Å². The van der Waals surface area contributed by atoms with E-state index >= 15 is 0 Å². The third kappa shape index (κ3) is 4.51. The van der Waals surface area contributed by atoms with Crippen molar-refractivity contribution in [3.05, 3.63) is 36.0 Å². The van der Waals surface area contributed by atoms with Gasteiger partial charge < -0.3 is 25.0 Å². The van der Waals surface area contributed by atoms with Gasteiger partial charge in [-0.05, 0) is 37.6 Å². The second-order valence-corrected chi connectivity index (χ2v) is 9.64. The monoisotopic (exact) mass is 494 g/mol. The third-order valence-corrected chi connectivity index (χ3v) is 7.48. The Hall–Kier alpha value is -3.37. The molecule has 1 saturated heterocycles. The topological polar surface area (TPSA) is 93.5 Å². The first kappa shape index (κ1) is 23.4. The molecule has 1 fully saturated rings. The van der Waals surface area contributed by atoms with Crippen LogP contribution in [0, 0.1) is 0 Å². The van der Waals surface area contributed by atoms with Crippen LogP contribution in [-0.2, 0) is 7.05 Å². The maximum atomic E-state index is 13.5. The van der Waals surface area contributed by atoms with Gasteiger partial charge in [0.25, 0.3) is 11.1 Å². The zero-order chi connectivity index (χ0) is 24.5.